The zero-order valence-corrected chi connectivity index (χ0v) is 8.31. The van der Waals surface area contributed by atoms with Gasteiger partial charge in [0.15, 0.2) is 0 Å². The topological polar surface area (TPSA) is 63.9 Å². The summed E-state index contributed by atoms with van der Waals surface area (Å²) >= 11 is 0. The molecule has 0 unspecified atom stereocenters. The second-order valence-electron chi connectivity index (χ2n) is 3.22. The van der Waals surface area contributed by atoms with Crippen LogP contribution in [0.15, 0.2) is 36.7 Å². The van der Waals surface area contributed by atoms with Crippen LogP contribution in [0.2, 0.25) is 0 Å². The third kappa shape index (κ3) is 2.23. The molecule has 4 nitrogen and oxygen atoms in total. The molecule has 0 bridgehead atoms. The van der Waals surface area contributed by atoms with E-state index in [4.69, 9.17) is 5.90 Å². The molecule has 1 aromatic heterocycles. The maximum Gasteiger partial charge on any atom is 0.137 e. The highest BCUT2D eigenvalue weighted by molar-refractivity contribution is 5.59. The molecule has 0 fully saturated rings. The van der Waals surface area contributed by atoms with Crippen molar-refractivity contribution >= 4 is 0 Å². The molecule has 0 spiro atoms. The number of aromatic amines is 1. The van der Waals surface area contributed by atoms with Gasteiger partial charge in [-0.25, -0.2) is 10.9 Å². The molecule has 0 aliphatic rings. The molecule has 0 radical (unpaired) electrons. The molecule has 0 amide bonds. The van der Waals surface area contributed by atoms with Crippen molar-refractivity contribution in [3.63, 3.8) is 0 Å². The highest BCUT2D eigenvalue weighted by Gasteiger charge is 2.05. The lowest BCUT2D eigenvalue weighted by Gasteiger charge is -2.05. The molecule has 0 aliphatic carbocycles. The number of nitrogens with zero attached hydrogens (tertiary/aromatic N) is 1. The van der Waals surface area contributed by atoms with E-state index in [1.165, 1.54) is 5.56 Å². The molecular formula is C11H13N3O. The van der Waals surface area contributed by atoms with Gasteiger partial charge >= 0.3 is 0 Å². The molecule has 3 N–H and O–H groups in total. The number of aromatic nitrogens is 2. The average Bonchev–Trinajstić information content (AvgIpc) is 2.80. The van der Waals surface area contributed by atoms with Crippen LogP contribution in [0.25, 0.3) is 11.4 Å². The summed E-state index contributed by atoms with van der Waals surface area (Å²) in [5, 5.41) is 0. The van der Waals surface area contributed by atoms with Crippen LogP contribution in [-0.4, -0.2) is 16.6 Å². The first-order valence-electron chi connectivity index (χ1n) is 4.81. The number of nitrogens with one attached hydrogen (secondary N) is 1. The van der Waals surface area contributed by atoms with E-state index in [0.29, 0.717) is 6.61 Å². The third-order valence-corrected chi connectivity index (χ3v) is 2.26. The fourth-order valence-corrected chi connectivity index (χ4v) is 1.55. The summed E-state index contributed by atoms with van der Waals surface area (Å²) in [5.74, 6) is 5.90. The Labute approximate surface area is 88.1 Å². The number of nitrogens with two attached hydrogens (primary N) is 1. The highest BCUT2D eigenvalue weighted by atomic mass is 16.6. The standard InChI is InChI=1S/C11H13N3O/c12-15-8-5-9-3-1-2-4-10(9)11-13-6-7-14-11/h1-4,6-7H,5,8,12H2,(H,13,14). The van der Waals surface area contributed by atoms with E-state index in [-0.39, 0.29) is 0 Å². The summed E-state index contributed by atoms with van der Waals surface area (Å²) in [4.78, 5) is 11.9. The van der Waals surface area contributed by atoms with Gasteiger partial charge in [0.25, 0.3) is 0 Å². The molecule has 0 aliphatic heterocycles. The van der Waals surface area contributed by atoms with Crippen LogP contribution in [0.5, 0.6) is 0 Å². The van der Waals surface area contributed by atoms with E-state index in [9.17, 15) is 0 Å². The van der Waals surface area contributed by atoms with E-state index in [2.05, 4.69) is 20.9 Å². The molecule has 1 heterocycles. The van der Waals surface area contributed by atoms with E-state index in [1.54, 1.807) is 6.20 Å². The quantitative estimate of drug-likeness (QED) is 0.740. The molecule has 0 atom stereocenters. The number of rotatable bonds is 4. The largest absolute Gasteiger partial charge is 0.345 e. The summed E-state index contributed by atoms with van der Waals surface area (Å²) < 4.78 is 0. The van der Waals surface area contributed by atoms with Gasteiger partial charge in [-0.15, -0.1) is 0 Å². The SMILES string of the molecule is NOCCc1ccccc1-c1ncc[nH]1. The van der Waals surface area contributed by atoms with Crippen LogP contribution in [0.4, 0.5) is 0 Å². The monoisotopic (exact) mass is 203 g/mol. The van der Waals surface area contributed by atoms with Crippen molar-refractivity contribution in [2.45, 2.75) is 6.42 Å². The zero-order valence-electron chi connectivity index (χ0n) is 8.31. The average molecular weight is 203 g/mol. The van der Waals surface area contributed by atoms with E-state index in [0.717, 1.165) is 17.8 Å². The van der Waals surface area contributed by atoms with Crippen LogP contribution in [-0.2, 0) is 11.3 Å². The number of hydrogen-bond donors (Lipinski definition) is 2. The lowest BCUT2D eigenvalue weighted by Crippen LogP contribution is -2.04. The van der Waals surface area contributed by atoms with Crippen molar-refractivity contribution in [1.82, 2.24) is 9.97 Å². The third-order valence-electron chi connectivity index (χ3n) is 2.26. The summed E-state index contributed by atoms with van der Waals surface area (Å²) in [7, 11) is 0. The predicted octanol–water partition coefficient (Wildman–Crippen LogP) is 1.51. The Balaban J connectivity index is 2.30. The van der Waals surface area contributed by atoms with Gasteiger partial charge in [-0.2, -0.15) is 0 Å². The van der Waals surface area contributed by atoms with Crippen molar-refractivity contribution in [2.24, 2.45) is 5.90 Å². The molecule has 78 valence electrons. The van der Waals surface area contributed by atoms with E-state index >= 15 is 0 Å². The van der Waals surface area contributed by atoms with E-state index in [1.807, 2.05) is 24.4 Å². The first-order valence-corrected chi connectivity index (χ1v) is 4.81. The molecular weight excluding hydrogens is 190 g/mol. The summed E-state index contributed by atoms with van der Waals surface area (Å²) in [6.45, 7) is 0.512. The highest BCUT2D eigenvalue weighted by Crippen LogP contribution is 2.19. The van der Waals surface area contributed by atoms with Crippen LogP contribution in [0.1, 0.15) is 5.56 Å². The molecule has 0 saturated carbocycles. The summed E-state index contributed by atoms with van der Waals surface area (Å²) in [6, 6.07) is 8.07. The second-order valence-corrected chi connectivity index (χ2v) is 3.22. The summed E-state index contributed by atoms with van der Waals surface area (Å²) in [6.07, 6.45) is 4.34. The second kappa shape index (κ2) is 4.72. The fourth-order valence-electron chi connectivity index (χ4n) is 1.55. The van der Waals surface area contributed by atoms with Gasteiger partial charge in [0.1, 0.15) is 5.82 Å². The first-order chi connectivity index (χ1) is 7.42. The minimum Gasteiger partial charge on any atom is -0.345 e. The maximum absolute atomic E-state index is 5.02. The van der Waals surface area contributed by atoms with Crippen molar-refractivity contribution in [1.29, 1.82) is 0 Å². The van der Waals surface area contributed by atoms with Gasteiger partial charge in [-0.3, -0.25) is 0 Å². The number of benzene rings is 1. The molecule has 2 rings (SSSR count). The molecule has 0 saturated heterocycles. The van der Waals surface area contributed by atoms with Crippen LogP contribution < -0.4 is 5.90 Å². The normalized spacial score (nSPS) is 10.5. The maximum atomic E-state index is 5.02. The smallest absolute Gasteiger partial charge is 0.137 e. The predicted molar refractivity (Wildman–Crippen MR) is 57.9 cm³/mol. The zero-order chi connectivity index (χ0) is 10.5. The van der Waals surface area contributed by atoms with Crippen molar-refractivity contribution in [3.8, 4) is 11.4 Å². The van der Waals surface area contributed by atoms with Gasteiger partial charge in [0, 0.05) is 18.0 Å². The lowest BCUT2D eigenvalue weighted by molar-refractivity contribution is 0.141. The summed E-state index contributed by atoms with van der Waals surface area (Å²) in [5.41, 5.74) is 2.28. The minimum absolute atomic E-state index is 0.512. The Morgan fingerprint density at radius 3 is 2.93 bits per heavy atom. The van der Waals surface area contributed by atoms with Crippen molar-refractivity contribution in [3.05, 3.63) is 42.2 Å². The molecule has 1 aromatic carbocycles. The van der Waals surface area contributed by atoms with Crippen LogP contribution in [0, 0.1) is 0 Å². The fraction of sp³-hybridized carbons (Fsp3) is 0.182. The molecule has 15 heavy (non-hydrogen) atoms. The van der Waals surface area contributed by atoms with Gasteiger partial charge in [-0.05, 0) is 12.0 Å². The van der Waals surface area contributed by atoms with Crippen molar-refractivity contribution in [2.75, 3.05) is 6.61 Å². The first kappa shape index (κ1) is 9.89. The van der Waals surface area contributed by atoms with Crippen LogP contribution in [0.3, 0.4) is 0 Å². The number of imidazole rings is 1. The van der Waals surface area contributed by atoms with Gasteiger partial charge < -0.3 is 9.82 Å². The van der Waals surface area contributed by atoms with Gasteiger partial charge in [-0.1, -0.05) is 24.3 Å². The number of H-pyrrole nitrogens is 1. The number of hydrogen-bond acceptors (Lipinski definition) is 3. The van der Waals surface area contributed by atoms with Crippen molar-refractivity contribution < 1.29 is 4.84 Å². The van der Waals surface area contributed by atoms with E-state index < -0.39 is 0 Å². The Kier molecular flexibility index (Phi) is 3.11. The Morgan fingerprint density at radius 1 is 1.33 bits per heavy atom. The molecule has 2 aromatic rings. The Bertz CT molecular complexity index is 412. The van der Waals surface area contributed by atoms with Gasteiger partial charge in [0.2, 0.25) is 0 Å². The minimum atomic E-state index is 0.512. The molecule has 4 heteroatoms. The Hall–Kier alpha value is -1.65. The van der Waals surface area contributed by atoms with Crippen LogP contribution >= 0.6 is 0 Å². The van der Waals surface area contributed by atoms with Gasteiger partial charge in [0.05, 0.1) is 6.61 Å². The lowest BCUT2D eigenvalue weighted by atomic mass is 10.0. The Morgan fingerprint density at radius 2 is 2.20 bits per heavy atom.